The van der Waals surface area contributed by atoms with Gasteiger partial charge in [-0.15, -0.1) is 24.8 Å². The Morgan fingerprint density at radius 1 is 1.21 bits per heavy atom. The highest BCUT2D eigenvalue weighted by Gasteiger charge is 2.40. The molecule has 2 heterocycles. The number of benzene rings is 1. The summed E-state index contributed by atoms with van der Waals surface area (Å²) in [6.45, 7) is 3.30. The number of piperidine rings is 2. The molecule has 158 valence electrons. The fourth-order valence-corrected chi connectivity index (χ4v) is 4.34. The van der Waals surface area contributed by atoms with Gasteiger partial charge in [0, 0.05) is 50.7 Å². The molecule has 2 aliphatic rings. The van der Waals surface area contributed by atoms with Crippen LogP contribution in [0.25, 0.3) is 0 Å². The van der Waals surface area contributed by atoms with Crippen LogP contribution < -0.4 is 5.73 Å². The molecule has 0 aromatic heterocycles. The molecular weight excluding hydrogens is 399 g/mol. The van der Waals surface area contributed by atoms with Gasteiger partial charge >= 0.3 is 0 Å². The second-order valence-corrected chi connectivity index (χ2v) is 7.68. The first-order chi connectivity index (χ1) is 12.5. The van der Waals surface area contributed by atoms with Crippen molar-refractivity contribution in [1.82, 2.24) is 14.7 Å². The van der Waals surface area contributed by atoms with E-state index in [0.717, 1.165) is 37.1 Å². The fourth-order valence-electron chi connectivity index (χ4n) is 4.34. The highest BCUT2D eigenvalue weighted by Crippen LogP contribution is 2.32. The first-order valence-corrected chi connectivity index (χ1v) is 9.52. The lowest BCUT2D eigenvalue weighted by Crippen LogP contribution is -2.57. The highest BCUT2D eigenvalue weighted by molar-refractivity contribution is 5.95. The van der Waals surface area contributed by atoms with Gasteiger partial charge in [0.1, 0.15) is 0 Å². The smallest absolute Gasteiger partial charge is 0.254 e. The van der Waals surface area contributed by atoms with Crippen molar-refractivity contribution in [3.05, 3.63) is 35.4 Å². The lowest BCUT2D eigenvalue weighted by atomic mass is 9.83. The maximum absolute atomic E-state index is 13.2. The van der Waals surface area contributed by atoms with Gasteiger partial charge < -0.3 is 20.4 Å². The summed E-state index contributed by atoms with van der Waals surface area (Å²) >= 11 is 0. The van der Waals surface area contributed by atoms with Crippen LogP contribution in [0.3, 0.4) is 0 Å². The van der Waals surface area contributed by atoms with Gasteiger partial charge in [0.15, 0.2) is 0 Å². The minimum atomic E-state index is 0. The molecule has 0 saturated carbocycles. The third kappa shape index (κ3) is 5.38. The summed E-state index contributed by atoms with van der Waals surface area (Å²) in [5, 5.41) is 0. The molecule has 2 aliphatic heterocycles. The summed E-state index contributed by atoms with van der Waals surface area (Å²) in [6, 6.07) is 8.11. The van der Waals surface area contributed by atoms with Crippen molar-refractivity contribution in [3.63, 3.8) is 0 Å². The summed E-state index contributed by atoms with van der Waals surface area (Å²) in [6.07, 6.45) is 2.28. The van der Waals surface area contributed by atoms with Crippen molar-refractivity contribution in [1.29, 1.82) is 0 Å². The minimum absolute atomic E-state index is 0. The Morgan fingerprint density at radius 3 is 2.61 bits per heavy atom. The number of hydrogen-bond donors (Lipinski definition) is 1. The Kier molecular flexibility index (Phi) is 9.70. The molecule has 3 rings (SSSR count). The van der Waals surface area contributed by atoms with Crippen LogP contribution in [0.4, 0.5) is 0 Å². The van der Waals surface area contributed by atoms with Crippen molar-refractivity contribution >= 4 is 36.6 Å². The minimum Gasteiger partial charge on any atom is -0.338 e. The molecule has 2 atom stereocenters. The maximum atomic E-state index is 13.2. The zero-order valence-corrected chi connectivity index (χ0v) is 18.3. The summed E-state index contributed by atoms with van der Waals surface area (Å²) < 4.78 is 0. The second kappa shape index (κ2) is 11.0. The number of halogens is 2. The van der Waals surface area contributed by atoms with Crippen LogP contribution in [0.1, 0.15) is 35.2 Å². The number of hydrogen-bond acceptors (Lipinski definition) is 4. The molecular formula is C20H32Cl2N4O2. The summed E-state index contributed by atoms with van der Waals surface area (Å²) in [7, 11) is 4.02. The molecule has 0 unspecified atom stereocenters. The molecule has 2 N–H and O–H groups in total. The fraction of sp³-hybridized carbons (Fsp3) is 0.600. The Hall–Kier alpha value is -1.34. The van der Waals surface area contributed by atoms with E-state index < -0.39 is 0 Å². The van der Waals surface area contributed by atoms with Gasteiger partial charge in [-0.3, -0.25) is 9.59 Å². The molecule has 1 aromatic rings. The molecule has 0 aliphatic carbocycles. The van der Waals surface area contributed by atoms with Gasteiger partial charge in [0.05, 0.1) is 0 Å². The van der Waals surface area contributed by atoms with E-state index in [2.05, 4.69) is 4.90 Å². The van der Waals surface area contributed by atoms with Gasteiger partial charge in [-0.1, -0.05) is 18.2 Å². The molecule has 28 heavy (non-hydrogen) atoms. The molecule has 0 spiro atoms. The van der Waals surface area contributed by atoms with E-state index in [4.69, 9.17) is 5.73 Å². The molecule has 2 amide bonds. The number of likely N-dealkylation sites (tertiary alicyclic amines) is 2. The standard InChI is InChI=1S/C20H30N4O2.2ClH/c1-22(2)13-15-5-3-4-6-17(15)20(26)23-11-9-18-16(14-23)7-8-19(25)24(18)12-10-21;;/h3-6,16,18H,7-14,21H2,1-2H3;2*1H/t16-,18+;;/m0../s1. The van der Waals surface area contributed by atoms with Crippen molar-refractivity contribution in [2.24, 2.45) is 11.7 Å². The van der Waals surface area contributed by atoms with E-state index in [1.165, 1.54) is 0 Å². The van der Waals surface area contributed by atoms with Crippen LogP contribution in [-0.4, -0.2) is 72.8 Å². The van der Waals surface area contributed by atoms with Crippen LogP contribution in [0, 0.1) is 5.92 Å². The molecule has 8 heteroatoms. The first-order valence-electron chi connectivity index (χ1n) is 9.52. The van der Waals surface area contributed by atoms with E-state index in [1.807, 2.05) is 48.2 Å². The number of nitrogens with zero attached hydrogens (tertiary/aromatic N) is 3. The molecule has 6 nitrogen and oxygen atoms in total. The van der Waals surface area contributed by atoms with E-state index in [9.17, 15) is 9.59 Å². The van der Waals surface area contributed by atoms with E-state index >= 15 is 0 Å². The van der Waals surface area contributed by atoms with E-state index in [-0.39, 0.29) is 42.7 Å². The van der Waals surface area contributed by atoms with Gasteiger partial charge in [-0.25, -0.2) is 0 Å². The van der Waals surface area contributed by atoms with Crippen LogP contribution >= 0.6 is 24.8 Å². The number of carbonyl (C=O) groups excluding carboxylic acids is 2. The van der Waals surface area contributed by atoms with Crippen molar-refractivity contribution in [2.45, 2.75) is 31.8 Å². The largest absolute Gasteiger partial charge is 0.338 e. The Balaban J connectivity index is 0.00000196. The Bertz CT molecular complexity index is 671. The number of amides is 2. The highest BCUT2D eigenvalue weighted by atomic mass is 35.5. The van der Waals surface area contributed by atoms with Crippen molar-refractivity contribution in [3.8, 4) is 0 Å². The zero-order chi connectivity index (χ0) is 18.7. The number of nitrogens with two attached hydrogens (primary N) is 1. The van der Waals surface area contributed by atoms with Gasteiger partial charge in [0.2, 0.25) is 5.91 Å². The topological polar surface area (TPSA) is 69.9 Å². The van der Waals surface area contributed by atoms with Crippen LogP contribution in [0.15, 0.2) is 24.3 Å². The summed E-state index contributed by atoms with van der Waals surface area (Å²) in [5.74, 6) is 0.689. The van der Waals surface area contributed by atoms with Crippen molar-refractivity contribution < 1.29 is 9.59 Å². The number of fused-ring (bicyclic) bond motifs is 1. The SMILES string of the molecule is CN(C)Cc1ccccc1C(=O)N1CC[C@@H]2[C@@H](CCC(=O)N2CCN)C1.Cl.Cl. The molecule has 0 bridgehead atoms. The molecule has 1 aromatic carbocycles. The predicted octanol–water partition coefficient (Wildman–Crippen LogP) is 2.00. The van der Waals surface area contributed by atoms with Gasteiger partial charge in [-0.05, 0) is 44.5 Å². The van der Waals surface area contributed by atoms with Gasteiger partial charge in [0.25, 0.3) is 5.91 Å². The third-order valence-corrected chi connectivity index (χ3v) is 5.54. The molecule has 2 fully saturated rings. The zero-order valence-electron chi connectivity index (χ0n) is 16.7. The lowest BCUT2D eigenvalue weighted by molar-refractivity contribution is -0.140. The maximum Gasteiger partial charge on any atom is 0.254 e. The normalized spacial score (nSPS) is 21.6. The first kappa shape index (κ1) is 24.7. The Morgan fingerprint density at radius 2 is 1.93 bits per heavy atom. The Labute approximate surface area is 180 Å². The molecule has 2 saturated heterocycles. The summed E-state index contributed by atoms with van der Waals surface area (Å²) in [5.41, 5.74) is 7.55. The van der Waals surface area contributed by atoms with E-state index in [0.29, 0.717) is 32.0 Å². The average Bonchev–Trinajstić information content (AvgIpc) is 2.63. The average molecular weight is 431 g/mol. The van der Waals surface area contributed by atoms with Crippen LogP contribution in [0.5, 0.6) is 0 Å². The van der Waals surface area contributed by atoms with Crippen LogP contribution in [-0.2, 0) is 11.3 Å². The number of rotatable bonds is 5. The van der Waals surface area contributed by atoms with Crippen molar-refractivity contribution in [2.75, 3.05) is 40.3 Å². The van der Waals surface area contributed by atoms with Gasteiger partial charge in [-0.2, -0.15) is 0 Å². The lowest BCUT2D eigenvalue weighted by Gasteiger charge is -2.47. The second-order valence-electron chi connectivity index (χ2n) is 7.68. The third-order valence-electron chi connectivity index (χ3n) is 5.54. The quantitative estimate of drug-likeness (QED) is 0.775. The summed E-state index contributed by atoms with van der Waals surface area (Å²) in [4.78, 5) is 31.4. The van der Waals surface area contributed by atoms with E-state index in [1.54, 1.807) is 0 Å². The molecule has 0 radical (unpaired) electrons. The monoisotopic (exact) mass is 430 g/mol. The number of carbonyl (C=O) groups is 2. The van der Waals surface area contributed by atoms with Crippen LogP contribution in [0.2, 0.25) is 0 Å². The predicted molar refractivity (Wildman–Crippen MR) is 116 cm³/mol.